The van der Waals surface area contributed by atoms with Crippen molar-refractivity contribution < 1.29 is 105 Å². The lowest BCUT2D eigenvalue weighted by atomic mass is 10.2. The van der Waals surface area contributed by atoms with E-state index in [0.717, 1.165) is 30.9 Å². The van der Waals surface area contributed by atoms with Crippen LogP contribution in [0.3, 0.4) is 0 Å². The first-order valence-corrected chi connectivity index (χ1v) is 33.6. The molecule has 0 unspecified atom stereocenters. The third kappa shape index (κ3) is 15.6. The van der Waals surface area contributed by atoms with Crippen molar-refractivity contribution in [2.75, 3.05) is 62.2 Å². The molecule has 0 bridgehead atoms. The molecule has 3 N–H and O–H groups in total. The van der Waals surface area contributed by atoms with Gasteiger partial charge in [-0.25, -0.2) is 64.7 Å². The van der Waals surface area contributed by atoms with Crippen LogP contribution in [0, 0.1) is 0 Å². The van der Waals surface area contributed by atoms with Crippen LogP contribution in [0.25, 0.3) is 68.0 Å². The highest BCUT2D eigenvalue weighted by molar-refractivity contribution is 7.92. The summed E-state index contributed by atoms with van der Waals surface area (Å²) in [5.74, 6) is -17.7. The highest BCUT2D eigenvalue weighted by Gasteiger charge is 2.62. The average molecular weight is 1510 g/mol. The standard InChI is InChI=1S/C19H20F5N7O3S.C18H18F5N7O3S.C17H15F5N6O3S/c1-6-35(33,34)11-7-8-13(30(4)17(32)29(2)3)26-14(11)16-25-10-9-12(18(20,21)19(22,23)24)27-28-15(10)31(16)5;1-4-24-16(31)27-12-7-6-10(34(32,33)5-2)13(26-12)15-25-9-8-11(17(19,20)18(21,22)23)28-29-14(9)30(15)3;1-4-23-15(29)8-5-6-10(32(3,30)31)12(24-8)14-25-9-7-11(16(18,19)17(20,21)22)26-27-13(9)28(14)2/h7-9H,6H2,1-5H3;6-8H,4-5H2,1-3H3,(H2,24,26,27,31);5-7H,4H2,1-3H3,(H,23,29). The van der Waals surface area contributed by atoms with E-state index in [-0.39, 0.29) is 107 Å². The molecular formula is C54H53F15N20O9S3. The molecule has 0 atom stereocenters. The first kappa shape index (κ1) is 78.3. The molecule has 9 heterocycles. The van der Waals surface area contributed by atoms with Gasteiger partial charge in [-0.1, -0.05) is 13.8 Å². The van der Waals surface area contributed by atoms with Crippen LogP contribution in [-0.2, 0) is 68.4 Å². The number of amides is 5. The van der Waals surface area contributed by atoms with Gasteiger partial charge in [-0.05, 0) is 68.4 Å². The number of carbonyl (C=O) groups is 3. The average Bonchev–Trinajstić information content (AvgIpc) is 1.58. The predicted octanol–water partition coefficient (Wildman–Crippen LogP) is 8.24. The predicted molar refractivity (Wildman–Crippen MR) is 325 cm³/mol. The Balaban J connectivity index is 0.000000213. The number of carbonyl (C=O) groups excluding carboxylic acids is 3. The van der Waals surface area contributed by atoms with Crippen LogP contribution >= 0.6 is 0 Å². The van der Waals surface area contributed by atoms with Gasteiger partial charge < -0.3 is 29.2 Å². The van der Waals surface area contributed by atoms with Gasteiger partial charge in [0, 0.05) is 61.6 Å². The number of fused-ring (bicyclic) bond motifs is 3. The number of halogens is 15. The van der Waals surface area contributed by atoms with Gasteiger partial charge in [0.25, 0.3) is 5.91 Å². The zero-order chi connectivity index (χ0) is 76.0. The van der Waals surface area contributed by atoms with Crippen molar-refractivity contribution in [3.8, 4) is 34.6 Å². The lowest BCUT2D eigenvalue weighted by molar-refractivity contribution is -0.291. The summed E-state index contributed by atoms with van der Waals surface area (Å²) in [7, 11) is -3.31. The third-order valence-corrected chi connectivity index (χ3v) is 18.7. The molecule has 0 saturated carbocycles. The Labute approximate surface area is 559 Å². The van der Waals surface area contributed by atoms with E-state index < -0.39 is 112 Å². The van der Waals surface area contributed by atoms with Gasteiger partial charge in [0.15, 0.2) is 63.9 Å². The molecule has 101 heavy (non-hydrogen) atoms. The number of hydrogen-bond donors (Lipinski definition) is 3. The van der Waals surface area contributed by atoms with E-state index in [1.807, 2.05) is 0 Å². The Morgan fingerprint density at radius 3 is 1.17 bits per heavy atom. The summed E-state index contributed by atoms with van der Waals surface area (Å²) in [5.41, 5.74) is -7.74. The number of urea groups is 2. The summed E-state index contributed by atoms with van der Waals surface area (Å²) in [6, 6.07) is 7.39. The number of alkyl halides is 15. The van der Waals surface area contributed by atoms with E-state index in [2.05, 4.69) is 76.4 Å². The van der Waals surface area contributed by atoms with Crippen molar-refractivity contribution in [1.82, 2.24) is 89.7 Å². The second-order valence-electron chi connectivity index (χ2n) is 21.3. The number of aromatic nitrogens is 15. The second-order valence-corrected chi connectivity index (χ2v) is 27.8. The van der Waals surface area contributed by atoms with Gasteiger partial charge in [-0.2, -0.15) is 65.9 Å². The molecule has 0 aliphatic carbocycles. The Kier molecular flexibility index (Phi) is 21.8. The van der Waals surface area contributed by atoms with E-state index in [1.165, 1.54) is 91.4 Å². The topological polar surface area (TPSA) is 366 Å². The van der Waals surface area contributed by atoms with E-state index in [1.54, 1.807) is 13.8 Å². The first-order valence-electron chi connectivity index (χ1n) is 28.4. The van der Waals surface area contributed by atoms with Crippen molar-refractivity contribution in [3.63, 3.8) is 0 Å². The zero-order valence-electron chi connectivity index (χ0n) is 53.7. The largest absolute Gasteiger partial charge is 0.459 e. The zero-order valence-corrected chi connectivity index (χ0v) is 56.1. The van der Waals surface area contributed by atoms with Gasteiger partial charge >= 0.3 is 48.4 Å². The van der Waals surface area contributed by atoms with Gasteiger partial charge in [0.05, 0.1) is 26.2 Å². The fourth-order valence-electron chi connectivity index (χ4n) is 8.76. The van der Waals surface area contributed by atoms with E-state index in [0.29, 0.717) is 24.7 Å². The van der Waals surface area contributed by atoms with E-state index in [4.69, 9.17) is 0 Å². The quantitative estimate of drug-likeness (QED) is 0.0766. The van der Waals surface area contributed by atoms with Crippen molar-refractivity contribution in [3.05, 3.63) is 77.4 Å². The van der Waals surface area contributed by atoms with Crippen molar-refractivity contribution in [1.29, 1.82) is 0 Å². The lowest BCUT2D eigenvalue weighted by Gasteiger charge is -2.22. The maximum Gasteiger partial charge on any atom is 0.459 e. The van der Waals surface area contributed by atoms with E-state index in [9.17, 15) is 105 Å². The van der Waals surface area contributed by atoms with Crippen LogP contribution in [0.4, 0.5) is 87.1 Å². The number of nitrogens with zero attached hydrogens (tertiary/aromatic N) is 17. The fourth-order valence-corrected chi connectivity index (χ4v) is 11.6. The summed E-state index contributed by atoms with van der Waals surface area (Å²) in [6.45, 7) is 6.66. The smallest absolute Gasteiger partial charge is 0.351 e. The highest BCUT2D eigenvalue weighted by Crippen LogP contribution is 2.46. The molecule has 0 saturated heterocycles. The monoisotopic (exact) mass is 1510 g/mol. The Morgan fingerprint density at radius 2 is 0.822 bits per heavy atom. The molecule has 0 spiro atoms. The lowest BCUT2D eigenvalue weighted by Crippen LogP contribution is -2.36. The van der Waals surface area contributed by atoms with Crippen LogP contribution in [0.1, 0.15) is 55.3 Å². The highest BCUT2D eigenvalue weighted by atomic mass is 32.2. The summed E-state index contributed by atoms with van der Waals surface area (Å²) in [5, 5.41) is 26.6. The Bertz CT molecular complexity index is 5070. The van der Waals surface area contributed by atoms with Gasteiger partial charge in [-0.3, -0.25) is 15.0 Å². The number of pyridine rings is 3. The van der Waals surface area contributed by atoms with Gasteiger partial charge in [0.2, 0.25) is 0 Å². The molecule has 29 nitrogen and oxygen atoms in total. The maximum absolute atomic E-state index is 13.8. The molecule has 47 heteroatoms. The normalized spacial score (nSPS) is 12.8. The van der Waals surface area contributed by atoms with Crippen molar-refractivity contribution in [2.24, 2.45) is 21.1 Å². The van der Waals surface area contributed by atoms with E-state index >= 15 is 0 Å². The minimum Gasteiger partial charge on any atom is -0.351 e. The summed E-state index contributed by atoms with van der Waals surface area (Å²) < 4.78 is 275. The number of hydrogen-bond acceptors (Lipinski definition) is 21. The van der Waals surface area contributed by atoms with Crippen LogP contribution in [-0.4, -0.2) is 193 Å². The van der Waals surface area contributed by atoms with Gasteiger partial charge in [0.1, 0.15) is 68.0 Å². The number of anilines is 2. The Morgan fingerprint density at radius 1 is 0.465 bits per heavy atom. The number of nitrogens with one attached hydrogen (secondary N) is 3. The molecule has 0 radical (unpaired) electrons. The van der Waals surface area contributed by atoms with Crippen LogP contribution in [0.2, 0.25) is 0 Å². The SMILES string of the molecule is CCNC(=O)Nc1ccc(S(=O)(=O)CC)c(-c2nc3cc(C(F)(F)C(F)(F)F)nnc3n2C)n1.CCNC(=O)c1ccc(S(C)(=O)=O)c(-c2nc3cc(C(F)(F)C(F)(F)F)nnc3n2C)n1.CCS(=O)(=O)c1ccc(N(C)C(=O)N(C)C)nc1-c1nc2cc(C(F)(F)C(F)(F)F)nnc2n1C. The molecule has 0 aliphatic rings. The van der Waals surface area contributed by atoms with Gasteiger partial charge in [-0.15, -0.1) is 30.6 Å². The number of aryl methyl sites for hydroxylation is 3. The van der Waals surface area contributed by atoms with Crippen LogP contribution in [0.15, 0.2) is 69.3 Å². The molecule has 9 aromatic rings. The van der Waals surface area contributed by atoms with Crippen molar-refractivity contribution >= 4 is 92.6 Å². The maximum atomic E-state index is 13.8. The fraction of sp³-hybridized carbons (Fsp3) is 0.389. The summed E-state index contributed by atoms with van der Waals surface area (Å²) in [4.78, 5) is 62.3. The third-order valence-electron chi connectivity index (χ3n) is 14.1. The minimum absolute atomic E-state index is 0.0381. The minimum atomic E-state index is -5.91. The first-order chi connectivity index (χ1) is 46.4. The summed E-state index contributed by atoms with van der Waals surface area (Å²) in [6.07, 6.45) is -16.8. The van der Waals surface area contributed by atoms with Crippen molar-refractivity contribution in [2.45, 2.75) is 78.7 Å². The molecule has 0 fully saturated rings. The molecular weight excluding hydrogens is 1450 g/mol. The molecule has 5 amide bonds. The summed E-state index contributed by atoms with van der Waals surface area (Å²) >= 11 is 0. The molecule has 9 aromatic heterocycles. The number of rotatable bonds is 16. The number of imidazole rings is 3. The van der Waals surface area contributed by atoms with Crippen LogP contribution in [0.5, 0.6) is 0 Å². The molecule has 546 valence electrons. The molecule has 0 aromatic carbocycles. The van der Waals surface area contributed by atoms with Crippen LogP contribution < -0.4 is 20.9 Å². The second kappa shape index (κ2) is 28.1. The molecule has 0 aliphatic heterocycles. The number of sulfone groups is 3. The molecule has 9 rings (SSSR count). The Hall–Kier alpha value is -10.1.